The molecule has 0 N–H and O–H groups in total. The van der Waals surface area contributed by atoms with Crippen molar-refractivity contribution >= 4 is 27.6 Å². The Labute approximate surface area is 174 Å². The van der Waals surface area contributed by atoms with E-state index in [1.54, 1.807) is 6.07 Å². The minimum absolute atomic E-state index is 0.0139. The van der Waals surface area contributed by atoms with Crippen molar-refractivity contribution in [3.63, 3.8) is 0 Å². The topological polar surface area (TPSA) is 96.3 Å². The molecule has 0 radical (unpaired) electrons. The maximum atomic E-state index is 13.1. The van der Waals surface area contributed by atoms with E-state index in [1.165, 1.54) is 30.5 Å². The Kier molecular flexibility index (Phi) is 5.01. The van der Waals surface area contributed by atoms with Crippen LogP contribution in [-0.2, 0) is 24.6 Å². The Morgan fingerprint density at radius 1 is 1.23 bits per heavy atom. The SMILES string of the molecule is Cn1c(C(F)(F)F)cc(=O)n(-c2ccc3snc(COC(=O)c4ccco4)c3c2)c1=O. The van der Waals surface area contributed by atoms with Crippen LogP contribution >= 0.6 is 11.5 Å². The summed E-state index contributed by atoms with van der Waals surface area (Å²) < 4.78 is 55.1. The van der Waals surface area contributed by atoms with E-state index >= 15 is 0 Å². The quantitative estimate of drug-likeness (QED) is 0.443. The van der Waals surface area contributed by atoms with Crippen LogP contribution in [-0.4, -0.2) is 19.5 Å². The van der Waals surface area contributed by atoms with Crippen molar-refractivity contribution in [3.05, 3.63) is 80.6 Å². The number of esters is 1. The number of hydrogen-bond donors (Lipinski definition) is 0. The minimum Gasteiger partial charge on any atom is -0.457 e. The fraction of sp³-hybridized carbons (Fsp3) is 0.158. The fourth-order valence-electron chi connectivity index (χ4n) is 2.95. The van der Waals surface area contributed by atoms with E-state index in [2.05, 4.69) is 4.37 Å². The molecule has 4 aromatic rings. The summed E-state index contributed by atoms with van der Waals surface area (Å²) in [4.78, 5) is 36.8. The number of fused-ring (bicyclic) bond motifs is 1. The van der Waals surface area contributed by atoms with E-state index < -0.39 is 29.1 Å². The van der Waals surface area contributed by atoms with Gasteiger partial charge in [-0.15, -0.1) is 0 Å². The second kappa shape index (κ2) is 7.54. The molecule has 0 amide bonds. The molecule has 160 valence electrons. The number of benzene rings is 1. The highest BCUT2D eigenvalue weighted by atomic mass is 32.1. The van der Waals surface area contributed by atoms with Gasteiger partial charge in [-0.3, -0.25) is 9.36 Å². The number of rotatable bonds is 4. The molecule has 8 nitrogen and oxygen atoms in total. The van der Waals surface area contributed by atoms with Crippen molar-refractivity contribution in [2.45, 2.75) is 12.8 Å². The molecule has 31 heavy (non-hydrogen) atoms. The molecular weight excluding hydrogens is 439 g/mol. The van der Waals surface area contributed by atoms with E-state index in [1.807, 2.05) is 0 Å². The Hall–Kier alpha value is -3.67. The number of carbonyl (C=O) groups is 1. The highest BCUT2D eigenvalue weighted by Gasteiger charge is 2.35. The average Bonchev–Trinajstić information content (AvgIpc) is 3.38. The zero-order valence-corrected chi connectivity index (χ0v) is 16.5. The molecule has 0 saturated heterocycles. The molecule has 0 aliphatic heterocycles. The predicted molar refractivity (Wildman–Crippen MR) is 103 cm³/mol. The first kappa shape index (κ1) is 20.6. The highest BCUT2D eigenvalue weighted by Crippen LogP contribution is 2.28. The van der Waals surface area contributed by atoms with Gasteiger partial charge in [0, 0.05) is 18.5 Å². The Morgan fingerprint density at radius 3 is 2.68 bits per heavy atom. The summed E-state index contributed by atoms with van der Waals surface area (Å²) in [6.45, 7) is -0.205. The number of aromatic nitrogens is 3. The summed E-state index contributed by atoms with van der Waals surface area (Å²) in [5, 5.41) is 0.489. The van der Waals surface area contributed by atoms with Gasteiger partial charge in [-0.1, -0.05) is 0 Å². The predicted octanol–water partition coefficient (Wildman–Crippen LogP) is 3.11. The van der Waals surface area contributed by atoms with Gasteiger partial charge in [-0.05, 0) is 41.9 Å². The second-order valence-electron chi connectivity index (χ2n) is 6.41. The molecule has 0 unspecified atom stereocenters. The van der Waals surface area contributed by atoms with Crippen molar-refractivity contribution < 1.29 is 27.1 Å². The van der Waals surface area contributed by atoms with Crippen molar-refractivity contribution in [2.75, 3.05) is 0 Å². The Morgan fingerprint density at radius 2 is 2.00 bits per heavy atom. The number of nitrogens with zero attached hydrogens (tertiary/aromatic N) is 3. The molecule has 1 aromatic carbocycles. The van der Waals surface area contributed by atoms with Gasteiger partial charge in [-0.25, -0.2) is 14.2 Å². The molecule has 3 heterocycles. The van der Waals surface area contributed by atoms with E-state index in [9.17, 15) is 27.6 Å². The lowest BCUT2D eigenvalue weighted by molar-refractivity contribution is -0.144. The molecule has 12 heteroatoms. The molecule has 0 fully saturated rings. The molecule has 0 aliphatic rings. The van der Waals surface area contributed by atoms with Crippen LogP contribution in [0.1, 0.15) is 21.9 Å². The monoisotopic (exact) mass is 451 g/mol. The summed E-state index contributed by atoms with van der Waals surface area (Å²) >= 11 is 1.10. The zero-order chi connectivity index (χ0) is 22.3. The molecular formula is C19H12F3N3O5S. The number of ether oxygens (including phenoxy) is 1. The van der Waals surface area contributed by atoms with Crippen LogP contribution in [0.3, 0.4) is 0 Å². The standard InChI is InChI=1S/C19H12F3N3O5S/c1-24-15(19(20,21)22)8-16(26)25(18(24)28)10-4-5-14-11(7-10)12(23-31-14)9-30-17(27)13-3-2-6-29-13/h2-8H,9H2,1H3. The maximum Gasteiger partial charge on any atom is 0.431 e. The van der Waals surface area contributed by atoms with Crippen LogP contribution in [0, 0.1) is 0 Å². The second-order valence-corrected chi connectivity index (χ2v) is 7.21. The van der Waals surface area contributed by atoms with Gasteiger partial charge < -0.3 is 9.15 Å². The normalized spacial score (nSPS) is 11.7. The summed E-state index contributed by atoms with van der Waals surface area (Å²) in [6.07, 6.45) is -3.53. The minimum atomic E-state index is -4.85. The van der Waals surface area contributed by atoms with Crippen LogP contribution in [0.25, 0.3) is 15.8 Å². The lowest BCUT2D eigenvalue weighted by Crippen LogP contribution is -2.40. The van der Waals surface area contributed by atoms with Crippen LogP contribution in [0.5, 0.6) is 0 Å². The molecule has 4 rings (SSSR count). The van der Waals surface area contributed by atoms with E-state index in [-0.39, 0.29) is 18.1 Å². The molecule has 3 aromatic heterocycles. The van der Waals surface area contributed by atoms with Gasteiger partial charge in [-0.2, -0.15) is 17.5 Å². The van der Waals surface area contributed by atoms with Gasteiger partial charge in [0.2, 0.25) is 5.76 Å². The summed E-state index contributed by atoms with van der Waals surface area (Å²) in [7, 11) is 0.936. The van der Waals surface area contributed by atoms with Gasteiger partial charge in [0.05, 0.1) is 22.3 Å². The van der Waals surface area contributed by atoms with Gasteiger partial charge in [0.25, 0.3) is 5.56 Å². The fourth-order valence-corrected chi connectivity index (χ4v) is 3.72. The van der Waals surface area contributed by atoms with Crippen molar-refractivity contribution in [1.29, 1.82) is 0 Å². The van der Waals surface area contributed by atoms with Crippen LogP contribution < -0.4 is 11.2 Å². The first-order valence-corrected chi connectivity index (χ1v) is 9.44. The summed E-state index contributed by atoms with van der Waals surface area (Å²) in [5.41, 5.74) is -3.19. The lowest BCUT2D eigenvalue weighted by Gasteiger charge is -2.14. The first-order valence-electron chi connectivity index (χ1n) is 8.66. The molecule has 0 saturated carbocycles. The number of carbonyl (C=O) groups excluding carboxylic acids is 1. The van der Waals surface area contributed by atoms with Crippen molar-refractivity contribution in [2.24, 2.45) is 7.05 Å². The largest absolute Gasteiger partial charge is 0.457 e. The van der Waals surface area contributed by atoms with Crippen molar-refractivity contribution in [3.8, 4) is 5.69 Å². The van der Waals surface area contributed by atoms with Gasteiger partial charge in [0.15, 0.2) is 0 Å². The number of halogens is 3. The summed E-state index contributed by atoms with van der Waals surface area (Å²) in [6, 6.07) is 7.77. The third-order valence-electron chi connectivity index (χ3n) is 4.46. The molecule has 0 spiro atoms. The maximum absolute atomic E-state index is 13.1. The lowest BCUT2D eigenvalue weighted by atomic mass is 10.2. The van der Waals surface area contributed by atoms with E-state index in [0.29, 0.717) is 31.0 Å². The Balaban J connectivity index is 1.73. The number of alkyl halides is 3. The van der Waals surface area contributed by atoms with Crippen LogP contribution in [0.4, 0.5) is 13.2 Å². The third-order valence-corrected chi connectivity index (χ3v) is 5.32. The van der Waals surface area contributed by atoms with Crippen molar-refractivity contribution in [1.82, 2.24) is 13.5 Å². The van der Waals surface area contributed by atoms with E-state index in [0.717, 1.165) is 18.6 Å². The average molecular weight is 451 g/mol. The molecule has 0 atom stereocenters. The number of furan rings is 1. The van der Waals surface area contributed by atoms with Gasteiger partial charge in [0.1, 0.15) is 12.3 Å². The van der Waals surface area contributed by atoms with Crippen LogP contribution in [0.2, 0.25) is 0 Å². The third kappa shape index (κ3) is 3.77. The Bertz CT molecular complexity index is 1400. The smallest absolute Gasteiger partial charge is 0.431 e. The summed E-state index contributed by atoms with van der Waals surface area (Å²) in [5.74, 6) is -0.685. The van der Waals surface area contributed by atoms with Crippen LogP contribution in [0.15, 0.2) is 56.7 Å². The zero-order valence-electron chi connectivity index (χ0n) is 15.7. The molecule has 0 bridgehead atoms. The first-order chi connectivity index (χ1) is 14.7. The van der Waals surface area contributed by atoms with E-state index in [4.69, 9.17) is 9.15 Å². The highest BCUT2D eigenvalue weighted by molar-refractivity contribution is 7.13. The molecule has 0 aliphatic carbocycles. The van der Waals surface area contributed by atoms with Gasteiger partial charge >= 0.3 is 17.8 Å². The number of hydrogen-bond acceptors (Lipinski definition) is 7.